The minimum atomic E-state index is -0.383. The van der Waals surface area contributed by atoms with E-state index in [9.17, 15) is 14.9 Å². The minimum Gasteiger partial charge on any atom is -0.495 e. The third-order valence-corrected chi connectivity index (χ3v) is 10.4. The number of aromatic nitrogens is 2. The van der Waals surface area contributed by atoms with Gasteiger partial charge in [-0.15, -0.1) is 22.7 Å². The van der Waals surface area contributed by atoms with E-state index in [1.54, 1.807) is 31.5 Å². The van der Waals surface area contributed by atoms with E-state index in [4.69, 9.17) is 4.74 Å². The Kier molecular flexibility index (Phi) is 8.65. The van der Waals surface area contributed by atoms with Crippen LogP contribution in [-0.4, -0.2) is 39.9 Å². The Morgan fingerprint density at radius 1 is 0.977 bits per heavy atom. The van der Waals surface area contributed by atoms with E-state index in [-0.39, 0.29) is 22.3 Å². The van der Waals surface area contributed by atoms with Crippen molar-refractivity contribution < 1.29 is 14.5 Å². The largest absolute Gasteiger partial charge is 0.495 e. The zero-order chi connectivity index (χ0) is 29.8. The molecule has 0 atom stereocenters. The van der Waals surface area contributed by atoms with Crippen molar-refractivity contribution >= 4 is 95.8 Å². The van der Waals surface area contributed by atoms with Gasteiger partial charge in [0.15, 0.2) is 8.68 Å². The fraction of sp³-hybridized carbons (Fsp3) is 0.0667. The second-order valence-electron chi connectivity index (χ2n) is 8.96. The van der Waals surface area contributed by atoms with Crippen molar-refractivity contribution in [3.8, 4) is 5.75 Å². The lowest BCUT2D eigenvalue weighted by atomic mass is 10.2. The van der Waals surface area contributed by atoms with Crippen LogP contribution >= 0.6 is 46.2 Å². The zero-order valence-corrected chi connectivity index (χ0v) is 25.7. The maximum atomic E-state index is 12.5. The summed E-state index contributed by atoms with van der Waals surface area (Å²) in [5.41, 5.74) is 3.61. The van der Waals surface area contributed by atoms with Gasteiger partial charge < -0.3 is 10.1 Å². The predicted octanol–water partition coefficient (Wildman–Crippen LogP) is 8.46. The number of hydrogen-bond acceptors (Lipinski definition) is 11. The Morgan fingerprint density at radius 3 is 2.58 bits per heavy atom. The lowest BCUT2D eigenvalue weighted by molar-refractivity contribution is -0.387. The summed E-state index contributed by atoms with van der Waals surface area (Å²) in [6.45, 7) is 0. The number of ether oxygens (including phenoxy) is 1. The number of nitrogens with zero attached hydrogens (tertiary/aromatic N) is 4. The van der Waals surface area contributed by atoms with Crippen molar-refractivity contribution in [2.75, 3.05) is 18.2 Å². The van der Waals surface area contributed by atoms with Crippen molar-refractivity contribution in [3.63, 3.8) is 0 Å². The van der Waals surface area contributed by atoms with Crippen LogP contribution in [0.5, 0.6) is 5.75 Å². The van der Waals surface area contributed by atoms with Crippen LogP contribution in [0.1, 0.15) is 5.56 Å². The lowest BCUT2D eigenvalue weighted by Crippen LogP contribution is -2.14. The Balaban J connectivity index is 1.12. The molecule has 214 valence electrons. The highest BCUT2D eigenvalue weighted by Crippen LogP contribution is 2.39. The van der Waals surface area contributed by atoms with Crippen molar-refractivity contribution in [2.45, 2.75) is 13.6 Å². The number of carbonyl (C=O) groups is 1. The Bertz CT molecular complexity index is 1970. The molecule has 0 unspecified atom stereocenters. The van der Waals surface area contributed by atoms with E-state index in [0.717, 1.165) is 29.1 Å². The number of nitrogens with one attached hydrogen (secondary N) is 1. The maximum absolute atomic E-state index is 12.5. The van der Waals surface area contributed by atoms with Crippen LogP contribution < -0.4 is 10.1 Å². The minimum absolute atomic E-state index is 0.00234. The number of aliphatic imine (C=N–C) groups is 1. The van der Waals surface area contributed by atoms with E-state index in [2.05, 4.69) is 20.3 Å². The fourth-order valence-electron chi connectivity index (χ4n) is 4.08. The van der Waals surface area contributed by atoms with Crippen molar-refractivity contribution in [3.05, 3.63) is 101 Å². The van der Waals surface area contributed by atoms with Gasteiger partial charge in [0.05, 0.1) is 54.5 Å². The summed E-state index contributed by atoms with van der Waals surface area (Å²) >= 11 is 5.62. The predicted molar refractivity (Wildman–Crippen MR) is 176 cm³/mol. The number of para-hydroxylation sites is 3. The molecular weight excluding hydrogens is 623 g/mol. The zero-order valence-electron chi connectivity index (χ0n) is 22.4. The smallest absolute Gasteiger partial charge is 0.283 e. The molecule has 1 N–H and O–H groups in total. The molecule has 0 spiro atoms. The standard InChI is InChI=1S/C30H21N5O4S4/c1-39-24-8-4-2-6-20(24)32-28(36)17-40-29-33-22-12-11-19(15-27(22)43-29)31-16-18-10-13-26(23(14-18)35(37)38)42-30-34-21-7-3-5-9-25(21)41-30/h2-16H,17H2,1H3,(H,32,36). The Morgan fingerprint density at radius 2 is 1.74 bits per heavy atom. The van der Waals surface area contributed by atoms with E-state index in [1.165, 1.54) is 52.3 Å². The number of rotatable bonds is 10. The molecule has 4 aromatic carbocycles. The molecule has 0 fully saturated rings. The van der Waals surface area contributed by atoms with Gasteiger partial charge in [0.25, 0.3) is 5.69 Å². The number of nitro benzene ring substituents is 1. The van der Waals surface area contributed by atoms with Crippen molar-refractivity contribution in [2.24, 2.45) is 4.99 Å². The van der Waals surface area contributed by atoms with Crippen LogP contribution in [0.4, 0.5) is 17.1 Å². The molecule has 1 amide bonds. The molecule has 0 radical (unpaired) electrons. The lowest BCUT2D eigenvalue weighted by Gasteiger charge is -2.09. The first kappa shape index (κ1) is 28.8. The molecule has 0 bridgehead atoms. The summed E-state index contributed by atoms with van der Waals surface area (Å²) in [5.74, 6) is 0.648. The molecular formula is C30H21N5O4S4. The van der Waals surface area contributed by atoms with Crippen LogP contribution in [0.25, 0.3) is 20.4 Å². The summed E-state index contributed by atoms with van der Waals surface area (Å²) in [4.78, 5) is 38.2. The van der Waals surface area contributed by atoms with Crippen LogP contribution in [0.15, 0.2) is 103 Å². The van der Waals surface area contributed by atoms with Gasteiger partial charge in [-0.05, 0) is 54.1 Å². The number of benzene rings is 4. The number of thioether (sulfide) groups is 1. The SMILES string of the molecule is COc1ccccc1NC(=O)CSc1nc2ccc(N=Cc3ccc(Sc4nc5ccccc5s4)c([N+](=O)[O-])c3)cc2s1. The number of amides is 1. The average Bonchev–Trinajstić information content (AvgIpc) is 3.62. The van der Waals surface area contributed by atoms with Gasteiger partial charge >= 0.3 is 0 Å². The van der Waals surface area contributed by atoms with Crippen LogP contribution in [0, 0.1) is 10.1 Å². The van der Waals surface area contributed by atoms with Crippen LogP contribution in [-0.2, 0) is 4.79 Å². The Labute approximate surface area is 262 Å². The molecule has 6 rings (SSSR count). The molecule has 13 heteroatoms. The number of carbonyl (C=O) groups excluding carboxylic acids is 1. The van der Waals surface area contributed by atoms with E-state index in [1.807, 2.05) is 60.7 Å². The summed E-state index contributed by atoms with van der Waals surface area (Å²) in [6.07, 6.45) is 1.61. The highest BCUT2D eigenvalue weighted by Gasteiger charge is 2.17. The Hall–Kier alpha value is -4.30. The third kappa shape index (κ3) is 6.86. The number of nitro groups is 1. The number of hydrogen-bond donors (Lipinski definition) is 1. The van der Waals surface area contributed by atoms with Gasteiger partial charge in [0.2, 0.25) is 5.91 Å². The first-order valence-electron chi connectivity index (χ1n) is 12.8. The normalized spacial score (nSPS) is 11.4. The molecule has 0 aliphatic rings. The van der Waals surface area contributed by atoms with Crippen molar-refractivity contribution in [1.82, 2.24) is 9.97 Å². The number of anilines is 1. The van der Waals surface area contributed by atoms with E-state index in [0.29, 0.717) is 27.6 Å². The number of thiazole rings is 2. The highest BCUT2D eigenvalue weighted by atomic mass is 32.2. The summed E-state index contributed by atoms with van der Waals surface area (Å²) < 4.78 is 8.76. The average molecular weight is 644 g/mol. The summed E-state index contributed by atoms with van der Waals surface area (Å²) in [6, 6.07) is 25.7. The molecule has 2 aromatic heterocycles. The molecule has 0 aliphatic heterocycles. The van der Waals surface area contributed by atoms with Gasteiger partial charge in [-0.25, -0.2) is 9.97 Å². The van der Waals surface area contributed by atoms with E-state index >= 15 is 0 Å². The van der Waals surface area contributed by atoms with E-state index < -0.39 is 0 Å². The maximum Gasteiger partial charge on any atom is 0.283 e. The molecule has 2 heterocycles. The molecule has 0 saturated heterocycles. The third-order valence-electron chi connectivity index (χ3n) is 6.07. The number of methoxy groups -OCH3 is 1. The summed E-state index contributed by atoms with van der Waals surface area (Å²) in [7, 11) is 1.56. The van der Waals surface area contributed by atoms with Gasteiger partial charge in [-0.3, -0.25) is 19.9 Å². The van der Waals surface area contributed by atoms with Crippen LogP contribution in [0.3, 0.4) is 0 Å². The first-order valence-corrected chi connectivity index (χ1v) is 16.2. The van der Waals surface area contributed by atoms with Gasteiger partial charge in [-0.2, -0.15) is 0 Å². The molecule has 6 aromatic rings. The fourth-order valence-corrected chi connectivity index (χ4v) is 8.09. The van der Waals surface area contributed by atoms with Crippen molar-refractivity contribution in [1.29, 1.82) is 0 Å². The first-order chi connectivity index (χ1) is 20.9. The van der Waals surface area contributed by atoms with Gasteiger partial charge in [0.1, 0.15) is 5.75 Å². The number of fused-ring (bicyclic) bond motifs is 2. The highest BCUT2D eigenvalue weighted by molar-refractivity contribution is 8.01. The second kappa shape index (κ2) is 12.9. The van der Waals surface area contributed by atoms with Crippen LogP contribution in [0.2, 0.25) is 0 Å². The second-order valence-corrected chi connectivity index (χ2v) is 13.5. The molecule has 0 saturated carbocycles. The molecule has 0 aliphatic carbocycles. The van der Waals surface area contributed by atoms with Gasteiger partial charge in [0, 0.05) is 12.3 Å². The van der Waals surface area contributed by atoms with Gasteiger partial charge in [-0.1, -0.05) is 53.9 Å². The molecule has 9 nitrogen and oxygen atoms in total. The monoisotopic (exact) mass is 643 g/mol. The summed E-state index contributed by atoms with van der Waals surface area (Å²) in [5, 5.41) is 14.7. The molecule has 43 heavy (non-hydrogen) atoms. The topological polar surface area (TPSA) is 120 Å². The quantitative estimate of drug-likeness (QED) is 0.0683.